The zero-order valence-electron chi connectivity index (χ0n) is 16.7. The zero-order valence-corrected chi connectivity index (χ0v) is 16.7. The summed E-state index contributed by atoms with van der Waals surface area (Å²) >= 11 is 0. The van der Waals surface area contributed by atoms with Gasteiger partial charge >= 0.3 is 0 Å². The van der Waals surface area contributed by atoms with Crippen molar-refractivity contribution in [2.45, 2.75) is 58.5 Å². The molecule has 150 valence electrons. The van der Waals surface area contributed by atoms with Gasteiger partial charge in [0, 0.05) is 44.7 Å². The highest BCUT2D eigenvalue weighted by molar-refractivity contribution is 5.80. The van der Waals surface area contributed by atoms with Crippen molar-refractivity contribution in [3.05, 3.63) is 0 Å². The maximum Gasteiger partial charge on any atom is 0.220 e. The van der Waals surface area contributed by atoms with Crippen molar-refractivity contribution in [2.24, 2.45) is 10.9 Å². The van der Waals surface area contributed by atoms with Crippen molar-refractivity contribution in [1.29, 1.82) is 0 Å². The summed E-state index contributed by atoms with van der Waals surface area (Å²) in [5.41, 5.74) is 0. The van der Waals surface area contributed by atoms with Crippen LogP contribution in [0.3, 0.4) is 0 Å². The number of amides is 1. The van der Waals surface area contributed by atoms with Gasteiger partial charge in [-0.3, -0.25) is 14.7 Å². The summed E-state index contributed by atoms with van der Waals surface area (Å²) in [6, 6.07) is 0.876. The lowest BCUT2D eigenvalue weighted by Gasteiger charge is -2.36. The van der Waals surface area contributed by atoms with Crippen LogP contribution < -0.4 is 16.0 Å². The van der Waals surface area contributed by atoms with E-state index >= 15 is 0 Å². The second-order valence-electron chi connectivity index (χ2n) is 7.55. The molecule has 0 aromatic heterocycles. The largest absolute Gasteiger partial charge is 0.379 e. The topological polar surface area (TPSA) is 78.0 Å². The molecule has 0 radical (unpaired) electrons. The Labute approximate surface area is 158 Å². The van der Waals surface area contributed by atoms with Gasteiger partial charge < -0.3 is 20.7 Å². The lowest BCUT2D eigenvalue weighted by molar-refractivity contribution is -0.121. The van der Waals surface area contributed by atoms with E-state index in [0.717, 1.165) is 71.2 Å². The fourth-order valence-electron chi connectivity index (χ4n) is 3.17. The number of aliphatic imine (C=N–C) groups is 1. The minimum Gasteiger partial charge on any atom is -0.379 e. The van der Waals surface area contributed by atoms with Gasteiger partial charge in [-0.1, -0.05) is 13.8 Å². The van der Waals surface area contributed by atoms with Gasteiger partial charge in [-0.05, 0) is 32.1 Å². The molecule has 1 unspecified atom stereocenters. The van der Waals surface area contributed by atoms with Crippen LogP contribution in [-0.4, -0.2) is 74.8 Å². The lowest BCUT2D eigenvalue weighted by Crippen LogP contribution is -2.48. The standard InChI is InChI=1S/C19H37N5O2/c1-4-20-19(21-9-5-6-18(25)23-16-7-8-16)22-14-17(15(2)3)24-10-12-26-13-11-24/h15-17H,4-14H2,1-3H3,(H,23,25)(H2,20,21,22). The van der Waals surface area contributed by atoms with Crippen molar-refractivity contribution in [3.63, 3.8) is 0 Å². The predicted molar refractivity (Wildman–Crippen MR) is 105 cm³/mol. The first kappa shape index (κ1) is 21.0. The number of guanidine groups is 1. The van der Waals surface area contributed by atoms with Gasteiger partial charge in [0.25, 0.3) is 0 Å². The number of ether oxygens (including phenoxy) is 1. The summed E-state index contributed by atoms with van der Waals surface area (Å²) in [5, 5.41) is 9.69. The van der Waals surface area contributed by atoms with Crippen LogP contribution in [0.2, 0.25) is 0 Å². The third kappa shape index (κ3) is 7.91. The summed E-state index contributed by atoms with van der Waals surface area (Å²) in [5.74, 6) is 1.56. The third-order valence-corrected chi connectivity index (χ3v) is 4.88. The Kier molecular flexibility index (Phi) is 9.18. The average molecular weight is 368 g/mol. The molecule has 1 atom stereocenters. The Morgan fingerprint density at radius 2 is 1.96 bits per heavy atom. The van der Waals surface area contributed by atoms with E-state index in [4.69, 9.17) is 9.73 Å². The van der Waals surface area contributed by atoms with Crippen molar-refractivity contribution in [2.75, 3.05) is 45.9 Å². The molecule has 2 aliphatic rings. The number of hydrogen-bond acceptors (Lipinski definition) is 4. The Morgan fingerprint density at radius 3 is 2.58 bits per heavy atom. The number of morpholine rings is 1. The molecule has 1 aliphatic heterocycles. The van der Waals surface area contributed by atoms with Crippen LogP contribution in [0.1, 0.15) is 46.5 Å². The number of nitrogens with zero attached hydrogens (tertiary/aromatic N) is 2. The van der Waals surface area contributed by atoms with E-state index in [1.807, 2.05) is 0 Å². The summed E-state index contributed by atoms with van der Waals surface area (Å²) in [7, 11) is 0. The molecule has 7 heteroatoms. The van der Waals surface area contributed by atoms with Crippen LogP contribution in [0.25, 0.3) is 0 Å². The van der Waals surface area contributed by atoms with Crippen LogP contribution in [0.4, 0.5) is 0 Å². The molecular formula is C19H37N5O2. The monoisotopic (exact) mass is 367 g/mol. The van der Waals surface area contributed by atoms with E-state index in [1.165, 1.54) is 0 Å². The molecule has 26 heavy (non-hydrogen) atoms. The predicted octanol–water partition coefficient (Wildman–Crippen LogP) is 0.957. The second-order valence-corrected chi connectivity index (χ2v) is 7.55. The van der Waals surface area contributed by atoms with E-state index in [0.29, 0.717) is 24.4 Å². The maximum absolute atomic E-state index is 11.7. The van der Waals surface area contributed by atoms with Crippen LogP contribution >= 0.6 is 0 Å². The van der Waals surface area contributed by atoms with E-state index in [9.17, 15) is 4.79 Å². The first-order chi connectivity index (χ1) is 12.6. The summed E-state index contributed by atoms with van der Waals surface area (Å²) < 4.78 is 5.47. The van der Waals surface area contributed by atoms with Gasteiger partial charge in [0.1, 0.15) is 0 Å². The van der Waals surface area contributed by atoms with Crippen molar-refractivity contribution in [1.82, 2.24) is 20.9 Å². The van der Waals surface area contributed by atoms with E-state index < -0.39 is 0 Å². The molecule has 7 nitrogen and oxygen atoms in total. The molecule has 1 saturated heterocycles. The molecule has 0 bridgehead atoms. The minimum absolute atomic E-state index is 0.170. The molecule has 0 aromatic rings. The van der Waals surface area contributed by atoms with Gasteiger partial charge in [-0.2, -0.15) is 0 Å². The molecule has 2 rings (SSSR count). The van der Waals surface area contributed by atoms with Gasteiger partial charge in [0.15, 0.2) is 5.96 Å². The fourth-order valence-corrected chi connectivity index (χ4v) is 3.17. The van der Waals surface area contributed by atoms with Crippen molar-refractivity contribution < 1.29 is 9.53 Å². The number of carbonyl (C=O) groups excluding carboxylic acids is 1. The Morgan fingerprint density at radius 1 is 1.23 bits per heavy atom. The fraction of sp³-hybridized carbons (Fsp3) is 0.895. The number of nitrogens with one attached hydrogen (secondary N) is 3. The molecule has 0 spiro atoms. The molecule has 0 aromatic carbocycles. The minimum atomic E-state index is 0.170. The first-order valence-electron chi connectivity index (χ1n) is 10.2. The molecular weight excluding hydrogens is 330 g/mol. The summed E-state index contributed by atoms with van der Waals surface area (Å²) in [4.78, 5) is 19.0. The lowest BCUT2D eigenvalue weighted by atomic mass is 10.0. The van der Waals surface area contributed by atoms with Gasteiger partial charge in [0.05, 0.1) is 19.8 Å². The van der Waals surface area contributed by atoms with Gasteiger partial charge in [-0.25, -0.2) is 0 Å². The average Bonchev–Trinajstić information content (AvgIpc) is 3.43. The quantitative estimate of drug-likeness (QED) is 0.305. The summed E-state index contributed by atoms with van der Waals surface area (Å²) in [6.07, 6.45) is 3.67. The first-order valence-corrected chi connectivity index (χ1v) is 10.2. The number of carbonyl (C=O) groups is 1. The summed E-state index contributed by atoms with van der Waals surface area (Å²) in [6.45, 7) is 12.5. The van der Waals surface area contributed by atoms with Crippen molar-refractivity contribution in [3.8, 4) is 0 Å². The highest BCUT2D eigenvalue weighted by atomic mass is 16.5. The highest BCUT2D eigenvalue weighted by Gasteiger charge is 2.24. The Hall–Kier alpha value is -1.34. The smallest absolute Gasteiger partial charge is 0.220 e. The number of hydrogen-bond donors (Lipinski definition) is 3. The SMILES string of the molecule is CCNC(=NCC(C(C)C)N1CCOCC1)NCCCC(=O)NC1CC1. The number of rotatable bonds is 10. The molecule has 1 heterocycles. The van der Waals surface area contributed by atoms with Crippen LogP contribution in [0, 0.1) is 5.92 Å². The van der Waals surface area contributed by atoms with E-state index in [1.54, 1.807) is 0 Å². The maximum atomic E-state index is 11.7. The molecule has 3 N–H and O–H groups in total. The van der Waals surface area contributed by atoms with E-state index in [-0.39, 0.29) is 5.91 Å². The normalized spacial score (nSPS) is 20.1. The third-order valence-electron chi connectivity index (χ3n) is 4.88. The molecule has 1 saturated carbocycles. The second kappa shape index (κ2) is 11.4. The van der Waals surface area contributed by atoms with Crippen LogP contribution in [0.15, 0.2) is 4.99 Å². The van der Waals surface area contributed by atoms with Crippen LogP contribution in [0.5, 0.6) is 0 Å². The van der Waals surface area contributed by atoms with Gasteiger partial charge in [0.2, 0.25) is 5.91 Å². The highest BCUT2D eigenvalue weighted by Crippen LogP contribution is 2.18. The molecule has 2 fully saturated rings. The van der Waals surface area contributed by atoms with E-state index in [2.05, 4.69) is 41.6 Å². The van der Waals surface area contributed by atoms with Gasteiger partial charge in [-0.15, -0.1) is 0 Å². The zero-order chi connectivity index (χ0) is 18.8. The van der Waals surface area contributed by atoms with Crippen molar-refractivity contribution >= 4 is 11.9 Å². The Bertz CT molecular complexity index is 445. The molecule has 1 amide bonds. The Balaban J connectivity index is 1.74. The molecule has 1 aliphatic carbocycles. The van der Waals surface area contributed by atoms with Crippen LogP contribution in [-0.2, 0) is 9.53 Å².